The smallest absolute Gasteiger partial charge is 0.136 e. The maximum absolute atomic E-state index is 6.02. The molecule has 1 aromatic heterocycles. The molecule has 0 aliphatic rings. The van der Waals surface area contributed by atoms with Crippen LogP contribution in [0, 0.1) is 13.8 Å². The van der Waals surface area contributed by atoms with Crippen molar-refractivity contribution < 1.29 is 0 Å². The van der Waals surface area contributed by atoms with Crippen LogP contribution in [0.4, 0.5) is 28.7 Å². The summed E-state index contributed by atoms with van der Waals surface area (Å²) in [5, 5.41) is 7.38. The summed E-state index contributed by atoms with van der Waals surface area (Å²) in [7, 11) is 4.04. The highest BCUT2D eigenvalue weighted by Gasteiger charge is 2.06. The minimum absolute atomic E-state index is 0.689. The Morgan fingerprint density at radius 1 is 0.846 bits per heavy atom. The van der Waals surface area contributed by atoms with Crippen LogP contribution in [0.2, 0.25) is 5.02 Å². The minimum Gasteiger partial charge on any atom is -0.378 e. The first kappa shape index (κ1) is 18.0. The lowest BCUT2D eigenvalue weighted by molar-refractivity contribution is 1.06. The number of hydrogen-bond acceptors (Lipinski definition) is 5. The van der Waals surface area contributed by atoms with Gasteiger partial charge in [-0.05, 0) is 61.9 Å². The monoisotopic (exact) mass is 367 g/mol. The van der Waals surface area contributed by atoms with Gasteiger partial charge in [-0.3, -0.25) is 0 Å². The number of benzene rings is 2. The molecular weight excluding hydrogens is 346 g/mol. The van der Waals surface area contributed by atoms with Gasteiger partial charge in [0.05, 0.1) is 0 Å². The molecule has 6 heteroatoms. The van der Waals surface area contributed by atoms with Crippen molar-refractivity contribution in [2.75, 3.05) is 29.6 Å². The third-order valence-corrected chi connectivity index (χ3v) is 4.18. The van der Waals surface area contributed by atoms with E-state index in [1.807, 2.05) is 64.3 Å². The molecule has 0 saturated heterocycles. The molecule has 2 N–H and O–H groups in total. The van der Waals surface area contributed by atoms with Crippen molar-refractivity contribution in [2.24, 2.45) is 0 Å². The van der Waals surface area contributed by atoms with E-state index in [0.29, 0.717) is 5.82 Å². The lowest BCUT2D eigenvalue weighted by Crippen LogP contribution is -2.08. The largest absolute Gasteiger partial charge is 0.378 e. The van der Waals surface area contributed by atoms with Crippen molar-refractivity contribution in [2.45, 2.75) is 13.8 Å². The Kier molecular flexibility index (Phi) is 5.28. The molecule has 0 unspecified atom stereocenters. The van der Waals surface area contributed by atoms with E-state index >= 15 is 0 Å². The summed E-state index contributed by atoms with van der Waals surface area (Å²) in [6.45, 7) is 3.88. The fraction of sp³-hybridized carbons (Fsp3) is 0.200. The Morgan fingerprint density at radius 3 is 2.12 bits per heavy atom. The van der Waals surface area contributed by atoms with Gasteiger partial charge in [-0.1, -0.05) is 11.6 Å². The van der Waals surface area contributed by atoms with Gasteiger partial charge >= 0.3 is 0 Å². The summed E-state index contributed by atoms with van der Waals surface area (Å²) in [6.07, 6.45) is 0. The highest BCUT2D eigenvalue weighted by Crippen LogP contribution is 2.25. The second-order valence-corrected chi connectivity index (χ2v) is 6.77. The first-order chi connectivity index (χ1) is 12.4. The molecule has 0 saturated carbocycles. The number of aryl methyl sites for hydroxylation is 2. The summed E-state index contributed by atoms with van der Waals surface area (Å²) in [4.78, 5) is 11.0. The van der Waals surface area contributed by atoms with Crippen molar-refractivity contribution in [3.63, 3.8) is 0 Å². The normalized spacial score (nSPS) is 10.5. The number of rotatable bonds is 5. The number of nitrogens with zero attached hydrogens (tertiary/aromatic N) is 3. The van der Waals surface area contributed by atoms with Gasteiger partial charge in [0.1, 0.15) is 17.5 Å². The van der Waals surface area contributed by atoms with Crippen LogP contribution in [0.15, 0.2) is 48.5 Å². The van der Waals surface area contributed by atoms with Crippen LogP contribution in [0.5, 0.6) is 0 Å². The van der Waals surface area contributed by atoms with Gasteiger partial charge in [0.15, 0.2) is 0 Å². The van der Waals surface area contributed by atoms with Crippen molar-refractivity contribution in [1.29, 1.82) is 0 Å². The molecular formula is C20H22ClN5. The van der Waals surface area contributed by atoms with Gasteiger partial charge < -0.3 is 15.5 Å². The first-order valence-corrected chi connectivity index (χ1v) is 8.72. The highest BCUT2D eigenvalue weighted by molar-refractivity contribution is 6.30. The van der Waals surface area contributed by atoms with E-state index in [0.717, 1.165) is 39.3 Å². The zero-order chi connectivity index (χ0) is 18.7. The number of halogens is 1. The SMILES string of the molecule is Cc1nc(Nc2ccc(N(C)C)cc2)cc(Nc2ccc(Cl)cc2C)n1. The van der Waals surface area contributed by atoms with E-state index < -0.39 is 0 Å². The molecule has 0 spiro atoms. The zero-order valence-corrected chi connectivity index (χ0v) is 16.1. The predicted molar refractivity (Wildman–Crippen MR) is 110 cm³/mol. The first-order valence-electron chi connectivity index (χ1n) is 8.34. The Balaban J connectivity index is 1.81. The molecule has 3 rings (SSSR count). The molecule has 0 bridgehead atoms. The number of nitrogens with one attached hydrogen (secondary N) is 2. The molecule has 0 aliphatic heterocycles. The Morgan fingerprint density at radius 2 is 1.50 bits per heavy atom. The van der Waals surface area contributed by atoms with Crippen molar-refractivity contribution in [1.82, 2.24) is 9.97 Å². The van der Waals surface area contributed by atoms with Crippen molar-refractivity contribution in [3.8, 4) is 0 Å². The van der Waals surface area contributed by atoms with Crippen LogP contribution in [-0.2, 0) is 0 Å². The van der Waals surface area contributed by atoms with Gasteiger partial charge in [-0.25, -0.2) is 9.97 Å². The second kappa shape index (κ2) is 7.62. The molecule has 0 radical (unpaired) electrons. The highest BCUT2D eigenvalue weighted by atomic mass is 35.5. The average molecular weight is 368 g/mol. The lowest BCUT2D eigenvalue weighted by atomic mass is 10.2. The molecule has 2 aromatic carbocycles. The van der Waals surface area contributed by atoms with Gasteiger partial charge in [0.25, 0.3) is 0 Å². The van der Waals surface area contributed by atoms with E-state index in [4.69, 9.17) is 11.6 Å². The molecule has 0 amide bonds. The summed E-state index contributed by atoms with van der Waals surface area (Å²) in [5.74, 6) is 2.16. The van der Waals surface area contributed by atoms with Crippen LogP contribution < -0.4 is 15.5 Å². The van der Waals surface area contributed by atoms with E-state index in [2.05, 4.69) is 37.6 Å². The number of aromatic nitrogens is 2. The quantitative estimate of drug-likeness (QED) is 0.640. The zero-order valence-electron chi connectivity index (χ0n) is 15.3. The van der Waals surface area contributed by atoms with Gasteiger partial charge in [-0.15, -0.1) is 0 Å². The molecule has 0 aliphatic carbocycles. The molecule has 1 heterocycles. The molecule has 5 nitrogen and oxygen atoms in total. The predicted octanol–water partition coefficient (Wildman–Crippen LogP) is 5.30. The third kappa shape index (κ3) is 4.43. The second-order valence-electron chi connectivity index (χ2n) is 6.34. The molecule has 134 valence electrons. The van der Waals surface area contributed by atoms with Crippen molar-refractivity contribution >= 4 is 40.3 Å². The van der Waals surface area contributed by atoms with Gasteiger partial charge in [0, 0.05) is 42.2 Å². The van der Waals surface area contributed by atoms with E-state index in [1.165, 1.54) is 0 Å². The molecule has 0 fully saturated rings. The molecule has 26 heavy (non-hydrogen) atoms. The fourth-order valence-corrected chi connectivity index (χ4v) is 2.82. The fourth-order valence-electron chi connectivity index (χ4n) is 2.59. The van der Waals surface area contributed by atoms with Crippen LogP contribution in [-0.4, -0.2) is 24.1 Å². The van der Waals surface area contributed by atoms with Gasteiger partial charge in [-0.2, -0.15) is 0 Å². The van der Waals surface area contributed by atoms with Crippen LogP contribution >= 0.6 is 11.6 Å². The van der Waals surface area contributed by atoms with E-state index in [-0.39, 0.29) is 0 Å². The topological polar surface area (TPSA) is 53.1 Å². The third-order valence-electron chi connectivity index (χ3n) is 3.95. The van der Waals surface area contributed by atoms with Crippen LogP contribution in [0.1, 0.15) is 11.4 Å². The van der Waals surface area contributed by atoms with Crippen LogP contribution in [0.3, 0.4) is 0 Å². The van der Waals surface area contributed by atoms with Crippen LogP contribution in [0.25, 0.3) is 0 Å². The average Bonchev–Trinajstić information content (AvgIpc) is 2.57. The van der Waals surface area contributed by atoms with Gasteiger partial charge in [0.2, 0.25) is 0 Å². The standard InChI is InChI=1S/C20H22ClN5/c1-13-11-15(21)5-10-18(13)25-20-12-19(22-14(2)23-20)24-16-6-8-17(9-7-16)26(3)4/h5-12H,1-4H3,(H2,22,23,24,25). The summed E-state index contributed by atoms with van der Waals surface area (Å²) >= 11 is 6.02. The Hall–Kier alpha value is -2.79. The maximum Gasteiger partial charge on any atom is 0.136 e. The summed E-state index contributed by atoms with van der Waals surface area (Å²) < 4.78 is 0. The number of anilines is 5. The molecule has 3 aromatic rings. The molecule has 0 atom stereocenters. The number of hydrogen-bond donors (Lipinski definition) is 2. The lowest BCUT2D eigenvalue weighted by Gasteiger charge is -2.14. The Bertz CT molecular complexity index is 907. The summed E-state index contributed by atoms with van der Waals surface area (Å²) in [6, 6.07) is 15.8. The van der Waals surface area contributed by atoms with E-state index in [1.54, 1.807) is 0 Å². The maximum atomic E-state index is 6.02. The summed E-state index contributed by atoms with van der Waals surface area (Å²) in [5.41, 5.74) is 4.15. The van der Waals surface area contributed by atoms with E-state index in [9.17, 15) is 0 Å². The van der Waals surface area contributed by atoms with Crippen molar-refractivity contribution in [3.05, 3.63) is 64.9 Å². The minimum atomic E-state index is 0.689. The Labute approximate surface area is 159 Å².